The Morgan fingerprint density at radius 3 is 1.35 bits per heavy atom. The van der Waals surface area contributed by atoms with Gasteiger partial charge in [0.2, 0.25) is 0 Å². The maximum Gasteiger partial charge on any atom is 0.0199 e. The minimum absolute atomic E-state index is 0.0320. The van der Waals surface area contributed by atoms with E-state index in [1.165, 1.54) is 11.1 Å². The zero-order valence-corrected chi connectivity index (χ0v) is 21.8. The molecule has 0 heterocycles. The molecule has 1 rings (SSSR count). The van der Waals surface area contributed by atoms with E-state index in [-0.39, 0.29) is 26.8 Å². The molecule has 2 atom stereocenters. The Morgan fingerprint density at radius 1 is 0.654 bits per heavy atom. The fourth-order valence-electron chi connectivity index (χ4n) is 4.55. The van der Waals surface area contributed by atoms with Crippen LogP contribution >= 0.6 is 18.5 Å². The Hall–Kier alpha value is 0.0800. The van der Waals surface area contributed by atoms with Crippen molar-refractivity contribution in [1.82, 2.24) is 0 Å². The van der Waals surface area contributed by atoms with E-state index in [0.717, 1.165) is 6.16 Å². The molecule has 0 aromatic heterocycles. The Bertz CT molecular complexity index is 627. The molecular formula is C24H44P2. The standard InChI is InChI=1S/C24H44P2/c1-20(2,3)17-14-13-16(15-25)18(19(17)21(4,5)6)24(26,22(7,8)9)23(10,11)12/h13-14H,15,25-26H2,1-12H3. The van der Waals surface area contributed by atoms with Gasteiger partial charge in [-0.2, -0.15) is 0 Å². The van der Waals surface area contributed by atoms with E-state index < -0.39 is 0 Å². The van der Waals surface area contributed by atoms with Gasteiger partial charge in [-0.15, -0.1) is 18.5 Å². The summed E-state index contributed by atoms with van der Waals surface area (Å²) >= 11 is 0. The number of benzene rings is 1. The Kier molecular flexibility index (Phi) is 6.64. The molecule has 0 spiro atoms. The van der Waals surface area contributed by atoms with E-state index in [2.05, 4.69) is 114 Å². The average Bonchev–Trinajstić information content (AvgIpc) is 2.40. The maximum absolute atomic E-state index is 3.33. The molecule has 0 nitrogen and oxygen atoms in total. The smallest absolute Gasteiger partial charge is 0.0199 e. The Morgan fingerprint density at radius 2 is 1.08 bits per heavy atom. The molecule has 0 aliphatic rings. The molecule has 0 bridgehead atoms. The number of rotatable bonds is 2. The predicted octanol–water partition coefficient (Wildman–Crippen LogP) is 7.82. The van der Waals surface area contributed by atoms with Crippen LogP contribution in [0.4, 0.5) is 0 Å². The molecule has 0 N–H and O–H groups in total. The highest BCUT2D eigenvalue weighted by Gasteiger charge is 2.51. The zero-order valence-electron chi connectivity index (χ0n) is 19.5. The summed E-state index contributed by atoms with van der Waals surface area (Å²) in [6.45, 7) is 28.6. The van der Waals surface area contributed by atoms with E-state index in [1.54, 1.807) is 11.1 Å². The predicted molar refractivity (Wildman–Crippen MR) is 128 cm³/mol. The maximum atomic E-state index is 3.33. The van der Waals surface area contributed by atoms with Crippen molar-refractivity contribution in [1.29, 1.82) is 0 Å². The SMILES string of the molecule is CC(C)(C)c1ccc(CP)c(C(P)(C(C)(C)C)C(C)(C)C)c1C(C)(C)C. The van der Waals surface area contributed by atoms with Crippen molar-refractivity contribution >= 4 is 18.5 Å². The van der Waals surface area contributed by atoms with Gasteiger partial charge >= 0.3 is 0 Å². The van der Waals surface area contributed by atoms with Crippen molar-refractivity contribution in [3.05, 3.63) is 34.4 Å². The second-order valence-electron chi connectivity index (χ2n) is 12.0. The summed E-state index contributed by atoms with van der Waals surface area (Å²) in [4.78, 5) is 0. The summed E-state index contributed by atoms with van der Waals surface area (Å²) in [5.41, 5.74) is 6.49. The van der Waals surface area contributed by atoms with E-state index in [1.807, 2.05) is 0 Å². The van der Waals surface area contributed by atoms with Crippen LogP contribution in [-0.4, -0.2) is 0 Å². The van der Waals surface area contributed by atoms with Gasteiger partial charge in [0.25, 0.3) is 0 Å². The topological polar surface area (TPSA) is 0 Å². The fourth-order valence-corrected chi connectivity index (χ4v) is 5.22. The van der Waals surface area contributed by atoms with E-state index in [9.17, 15) is 0 Å². The average molecular weight is 395 g/mol. The molecule has 150 valence electrons. The first-order valence-corrected chi connectivity index (χ1v) is 11.4. The van der Waals surface area contributed by atoms with Crippen LogP contribution in [0.1, 0.15) is 105 Å². The van der Waals surface area contributed by atoms with Crippen LogP contribution < -0.4 is 0 Å². The van der Waals surface area contributed by atoms with Crippen molar-refractivity contribution in [3.63, 3.8) is 0 Å². The largest absolute Gasteiger partial charge is 0.133 e. The van der Waals surface area contributed by atoms with Crippen LogP contribution in [-0.2, 0) is 22.1 Å². The molecule has 0 saturated heterocycles. The summed E-state index contributed by atoms with van der Waals surface area (Å²) < 4.78 is 0. The van der Waals surface area contributed by atoms with E-state index >= 15 is 0 Å². The van der Waals surface area contributed by atoms with Crippen molar-refractivity contribution in [2.24, 2.45) is 10.8 Å². The highest BCUT2D eigenvalue weighted by atomic mass is 31.0. The lowest BCUT2D eigenvalue weighted by molar-refractivity contribution is 0.137. The van der Waals surface area contributed by atoms with Gasteiger partial charge in [-0.3, -0.25) is 0 Å². The third kappa shape index (κ3) is 4.23. The van der Waals surface area contributed by atoms with Crippen molar-refractivity contribution in [2.75, 3.05) is 0 Å². The molecule has 26 heavy (non-hydrogen) atoms. The van der Waals surface area contributed by atoms with Gasteiger partial charge in [-0.05, 0) is 50.1 Å². The summed E-state index contributed by atoms with van der Waals surface area (Å²) in [6.07, 6.45) is 0.991. The monoisotopic (exact) mass is 394 g/mol. The van der Waals surface area contributed by atoms with Crippen molar-refractivity contribution in [3.8, 4) is 0 Å². The summed E-state index contributed by atoms with van der Waals surface area (Å²) in [7, 11) is 6.30. The van der Waals surface area contributed by atoms with Crippen molar-refractivity contribution < 1.29 is 0 Å². The first kappa shape index (κ1) is 24.1. The van der Waals surface area contributed by atoms with Crippen molar-refractivity contribution in [2.45, 2.75) is 105 Å². The lowest BCUT2D eigenvalue weighted by atomic mass is 9.58. The summed E-state index contributed by atoms with van der Waals surface area (Å²) in [6, 6.07) is 4.77. The molecule has 2 unspecified atom stereocenters. The molecule has 1 aromatic rings. The van der Waals surface area contributed by atoms with Crippen LogP contribution in [0, 0.1) is 10.8 Å². The molecule has 1 aromatic carbocycles. The second-order valence-corrected chi connectivity index (χ2v) is 13.3. The summed E-state index contributed by atoms with van der Waals surface area (Å²) in [5.74, 6) is 0. The molecule has 0 radical (unpaired) electrons. The van der Waals surface area contributed by atoms with Crippen LogP contribution in [0.25, 0.3) is 0 Å². The summed E-state index contributed by atoms with van der Waals surface area (Å²) in [5, 5.41) is -0.0320. The fraction of sp³-hybridized carbons (Fsp3) is 0.750. The molecule has 0 aliphatic heterocycles. The number of hydrogen-bond donors (Lipinski definition) is 0. The molecule has 0 aliphatic carbocycles. The van der Waals surface area contributed by atoms with Gasteiger partial charge in [0.1, 0.15) is 0 Å². The quantitative estimate of drug-likeness (QED) is 0.449. The second kappa shape index (κ2) is 7.16. The lowest BCUT2D eigenvalue weighted by Crippen LogP contribution is -2.47. The van der Waals surface area contributed by atoms with Gasteiger partial charge < -0.3 is 0 Å². The van der Waals surface area contributed by atoms with Crippen LogP contribution in [0.3, 0.4) is 0 Å². The van der Waals surface area contributed by atoms with Gasteiger partial charge in [-0.1, -0.05) is 95.2 Å². The zero-order chi connectivity index (χ0) is 20.9. The minimum Gasteiger partial charge on any atom is -0.133 e. The highest BCUT2D eigenvalue weighted by molar-refractivity contribution is 7.18. The van der Waals surface area contributed by atoms with Gasteiger partial charge in [0, 0.05) is 5.16 Å². The van der Waals surface area contributed by atoms with Gasteiger partial charge in [0.05, 0.1) is 0 Å². The number of hydrogen-bond acceptors (Lipinski definition) is 0. The van der Waals surface area contributed by atoms with Gasteiger partial charge in [-0.25, -0.2) is 0 Å². The normalized spacial score (nSPS) is 14.7. The molecule has 2 heteroatoms. The molecule has 0 amide bonds. The van der Waals surface area contributed by atoms with E-state index in [0.29, 0.717) is 0 Å². The van der Waals surface area contributed by atoms with Crippen LogP contribution in [0.2, 0.25) is 0 Å². The lowest BCUT2D eigenvalue weighted by Gasteiger charge is -2.54. The first-order chi connectivity index (χ1) is 11.3. The minimum atomic E-state index is -0.0320. The molecule has 0 saturated carbocycles. The molecular weight excluding hydrogens is 350 g/mol. The third-order valence-corrected chi connectivity index (χ3v) is 8.29. The Labute approximate surface area is 169 Å². The van der Waals surface area contributed by atoms with Gasteiger partial charge in [0.15, 0.2) is 0 Å². The van der Waals surface area contributed by atoms with Crippen LogP contribution in [0.5, 0.6) is 0 Å². The van der Waals surface area contributed by atoms with Crippen LogP contribution in [0.15, 0.2) is 12.1 Å². The first-order valence-electron chi connectivity index (χ1n) is 9.96. The molecule has 0 fully saturated rings. The third-order valence-electron chi connectivity index (χ3n) is 5.83. The van der Waals surface area contributed by atoms with E-state index in [4.69, 9.17) is 0 Å². The highest BCUT2D eigenvalue weighted by Crippen LogP contribution is 2.61. The Balaban J connectivity index is 4.25.